The molecule has 0 saturated heterocycles. The molecule has 1 aromatic heterocycles. The van der Waals surface area contributed by atoms with Crippen LogP contribution in [0.5, 0.6) is 0 Å². The fraction of sp³-hybridized carbons (Fsp3) is 0.211. The van der Waals surface area contributed by atoms with Gasteiger partial charge >= 0.3 is 0 Å². The monoisotopic (exact) mass is 307 g/mol. The summed E-state index contributed by atoms with van der Waals surface area (Å²) in [6.07, 6.45) is 18.6. The second kappa shape index (κ2) is 5.25. The molecule has 2 aliphatic carbocycles. The van der Waals surface area contributed by atoms with Gasteiger partial charge in [0.15, 0.2) is 5.58 Å². The van der Waals surface area contributed by atoms with Crippen LogP contribution in [0, 0.1) is 16.2 Å². The van der Waals surface area contributed by atoms with Crippen molar-refractivity contribution in [2.45, 2.75) is 13.0 Å². The molecule has 0 bridgehead atoms. The van der Waals surface area contributed by atoms with Gasteiger partial charge in [-0.25, -0.2) is 0 Å². The van der Waals surface area contributed by atoms with Crippen molar-refractivity contribution in [1.82, 2.24) is 4.57 Å². The molecule has 0 spiro atoms. The summed E-state index contributed by atoms with van der Waals surface area (Å²) in [6.45, 7) is 0.822. The van der Waals surface area contributed by atoms with Gasteiger partial charge in [0.25, 0.3) is 4.84 Å². The van der Waals surface area contributed by atoms with Crippen LogP contribution in [0.4, 0.5) is 0 Å². The maximum atomic E-state index is 5.75. The van der Waals surface area contributed by atoms with E-state index in [0.29, 0.717) is 10.8 Å². The first-order valence-electron chi connectivity index (χ1n) is 7.56. The minimum Gasteiger partial charge on any atom is -0.429 e. The van der Waals surface area contributed by atoms with Gasteiger partial charge in [-0.1, -0.05) is 60.7 Å². The smallest absolute Gasteiger partial charge is 0.269 e. The number of fused-ring (bicyclic) bond motifs is 1. The van der Waals surface area contributed by atoms with Crippen molar-refractivity contribution >= 4 is 23.3 Å². The predicted octanol–water partition coefficient (Wildman–Crippen LogP) is 5.21. The van der Waals surface area contributed by atoms with Crippen LogP contribution in [-0.2, 0) is 6.54 Å². The third-order valence-electron chi connectivity index (χ3n) is 4.61. The van der Waals surface area contributed by atoms with Crippen molar-refractivity contribution in [2.24, 2.45) is 11.3 Å². The first-order valence-corrected chi connectivity index (χ1v) is 7.97. The van der Waals surface area contributed by atoms with Crippen molar-refractivity contribution in [3.63, 3.8) is 0 Å². The van der Waals surface area contributed by atoms with Crippen LogP contribution in [0.15, 0.2) is 77.3 Å². The Hall–Kier alpha value is -2.13. The third-order valence-corrected chi connectivity index (χ3v) is 4.92. The number of benzene rings is 1. The number of nitrogens with zero attached hydrogens (tertiary/aromatic N) is 1. The maximum absolute atomic E-state index is 5.75. The van der Waals surface area contributed by atoms with Crippen LogP contribution in [0.3, 0.4) is 0 Å². The Kier molecular flexibility index (Phi) is 3.23. The third kappa shape index (κ3) is 2.13. The van der Waals surface area contributed by atoms with Crippen molar-refractivity contribution in [3.8, 4) is 0 Å². The van der Waals surface area contributed by atoms with Crippen LogP contribution in [-0.4, -0.2) is 4.57 Å². The standard InChI is InChI=1S/C19H17NOS/c22-18-20(16-10-4-5-11-17(16)21-18)14-19(12-6-1-7-13-19)15-8-2-3-9-15/h1-12,15H,13-14H2. The fourth-order valence-corrected chi connectivity index (χ4v) is 3.68. The summed E-state index contributed by atoms with van der Waals surface area (Å²) in [5.41, 5.74) is 1.94. The molecule has 22 heavy (non-hydrogen) atoms. The predicted molar refractivity (Wildman–Crippen MR) is 92.1 cm³/mol. The van der Waals surface area contributed by atoms with Crippen LogP contribution in [0.2, 0.25) is 0 Å². The van der Waals surface area contributed by atoms with E-state index in [1.165, 1.54) is 0 Å². The average molecular weight is 307 g/mol. The summed E-state index contributed by atoms with van der Waals surface area (Å²) in [4.78, 5) is 0.550. The van der Waals surface area contributed by atoms with E-state index < -0.39 is 0 Å². The minimum atomic E-state index is 0.0170. The number of hydrogen-bond donors (Lipinski definition) is 0. The highest BCUT2D eigenvalue weighted by Gasteiger charge is 2.35. The van der Waals surface area contributed by atoms with Crippen LogP contribution in [0.25, 0.3) is 11.1 Å². The topological polar surface area (TPSA) is 18.1 Å². The van der Waals surface area contributed by atoms with Crippen molar-refractivity contribution in [2.75, 3.05) is 0 Å². The molecule has 2 aromatic rings. The number of hydrogen-bond acceptors (Lipinski definition) is 2. The number of oxazole rings is 1. The van der Waals surface area contributed by atoms with E-state index in [1.54, 1.807) is 0 Å². The summed E-state index contributed by atoms with van der Waals surface area (Å²) in [6, 6.07) is 8.06. The van der Waals surface area contributed by atoms with Gasteiger partial charge in [-0.05, 0) is 30.8 Å². The van der Waals surface area contributed by atoms with E-state index >= 15 is 0 Å². The highest BCUT2D eigenvalue weighted by Crippen LogP contribution is 2.42. The molecule has 110 valence electrons. The molecular weight excluding hydrogens is 290 g/mol. The zero-order chi connectivity index (χ0) is 15.0. The average Bonchev–Trinajstić information content (AvgIpc) is 3.18. The lowest BCUT2D eigenvalue weighted by Gasteiger charge is -2.36. The molecule has 0 amide bonds. The molecule has 0 fully saturated rings. The molecule has 1 unspecified atom stereocenters. The number of para-hydroxylation sites is 2. The number of aromatic nitrogens is 1. The molecule has 3 heteroatoms. The summed E-state index contributed by atoms with van der Waals surface area (Å²) < 4.78 is 7.88. The molecule has 0 saturated carbocycles. The summed E-state index contributed by atoms with van der Waals surface area (Å²) in [5, 5.41) is 0. The van der Waals surface area contributed by atoms with Crippen molar-refractivity contribution < 1.29 is 4.42 Å². The van der Waals surface area contributed by atoms with Crippen LogP contribution < -0.4 is 0 Å². The lowest BCUT2D eigenvalue weighted by molar-refractivity contribution is 0.268. The summed E-state index contributed by atoms with van der Waals surface area (Å²) >= 11 is 5.46. The van der Waals surface area contributed by atoms with E-state index in [0.717, 1.165) is 24.1 Å². The zero-order valence-corrected chi connectivity index (χ0v) is 13.0. The van der Waals surface area contributed by atoms with Crippen LogP contribution >= 0.6 is 12.2 Å². The first-order chi connectivity index (χ1) is 10.8. The Labute approximate surface area is 134 Å². The number of rotatable bonds is 3. The van der Waals surface area contributed by atoms with Gasteiger partial charge in [-0.3, -0.25) is 4.57 Å². The van der Waals surface area contributed by atoms with Crippen molar-refractivity contribution in [1.29, 1.82) is 0 Å². The molecule has 0 aliphatic heterocycles. The van der Waals surface area contributed by atoms with E-state index in [9.17, 15) is 0 Å². The number of allylic oxidation sites excluding steroid dienone is 8. The molecule has 2 aliphatic rings. The largest absolute Gasteiger partial charge is 0.429 e. The molecule has 1 aromatic carbocycles. The van der Waals surface area contributed by atoms with Gasteiger partial charge in [0.1, 0.15) is 0 Å². The van der Waals surface area contributed by atoms with E-state index in [-0.39, 0.29) is 5.41 Å². The van der Waals surface area contributed by atoms with E-state index in [2.05, 4.69) is 59.2 Å². The SMILES string of the molecule is S=c1oc2ccccc2n1CC1(C2C=CC=C2)C=CC=CC1. The van der Waals surface area contributed by atoms with Gasteiger partial charge in [-0.2, -0.15) is 0 Å². The molecule has 1 heterocycles. The summed E-state index contributed by atoms with van der Waals surface area (Å²) in [5.74, 6) is 0.393. The molecular formula is C19H17NOS. The summed E-state index contributed by atoms with van der Waals surface area (Å²) in [7, 11) is 0. The Morgan fingerprint density at radius 3 is 2.73 bits per heavy atom. The Balaban J connectivity index is 1.81. The quantitative estimate of drug-likeness (QED) is 0.725. The lowest BCUT2D eigenvalue weighted by atomic mass is 9.71. The van der Waals surface area contributed by atoms with Gasteiger partial charge in [-0.15, -0.1) is 0 Å². The van der Waals surface area contributed by atoms with E-state index in [4.69, 9.17) is 16.6 Å². The second-order valence-electron chi connectivity index (χ2n) is 5.94. The Bertz CT molecular complexity index is 868. The molecule has 4 rings (SSSR count). The normalized spacial score (nSPS) is 23.8. The van der Waals surface area contributed by atoms with Gasteiger partial charge in [0.05, 0.1) is 5.52 Å². The molecule has 2 nitrogen and oxygen atoms in total. The zero-order valence-electron chi connectivity index (χ0n) is 12.2. The minimum absolute atomic E-state index is 0.0170. The highest BCUT2D eigenvalue weighted by atomic mass is 32.1. The maximum Gasteiger partial charge on any atom is 0.269 e. The lowest BCUT2D eigenvalue weighted by Crippen LogP contribution is -2.31. The molecule has 0 N–H and O–H groups in total. The second-order valence-corrected chi connectivity index (χ2v) is 6.29. The van der Waals surface area contributed by atoms with Gasteiger partial charge < -0.3 is 4.42 Å². The Morgan fingerprint density at radius 1 is 1.14 bits per heavy atom. The Morgan fingerprint density at radius 2 is 1.95 bits per heavy atom. The molecule has 0 radical (unpaired) electrons. The highest BCUT2D eigenvalue weighted by molar-refractivity contribution is 7.71. The molecule has 1 atom stereocenters. The van der Waals surface area contributed by atoms with Gasteiger partial charge in [0, 0.05) is 17.9 Å². The van der Waals surface area contributed by atoms with E-state index in [1.807, 2.05) is 18.2 Å². The van der Waals surface area contributed by atoms with Crippen LogP contribution in [0.1, 0.15) is 6.42 Å². The fourth-order valence-electron chi connectivity index (χ4n) is 3.42. The van der Waals surface area contributed by atoms with Gasteiger partial charge in [0.2, 0.25) is 0 Å². The first kappa shape index (κ1) is 13.5. The van der Waals surface area contributed by atoms with Crippen molar-refractivity contribution in [3.05, 3.63) is 77.7 Å².